The van der Waals surface area contributed by atoms with Gasteiger partial charge in [0.05, 0.1) is 16.8 Å². The van der Waals surface area contributed by atoms with Gasteiger partial charge in [-0.2, -0.15) is 0 Å². The van der Waals surface area contributed by atoms with Crippen LogP contribution in [0.15, 0.2) is 5.38 Å². The van der Waals surface area contributed by atoms with Crippen molar-refractivity contribution in [2.24, 2.45) is 0 Å². The first-order valence-electron chi connectivity index (χ1n) is 4.88. The van der Waals surface area contributed by atoms with Crippen LogP contribution in [0.4, 0.5) is 5.13 Å². The highest BCUT2D eigenvalue weighted by Gasteiger charge is 2.52. The van der Waals surface area contributed by atoms with Crippen molar-refractivity contribution < 1.29 is 9.31 Å². The molecule has 0 saturated carbocycles. The van der Waals surface area contributed by atoms with E-state index in [-0.39, 0.29) is 11.2 Å². The number of nitrogens with zero attached hydrogens (tertiary/aromatic N) is 1. The molecule has 0 bridgehead atoms. The van der Waals surface area contributed by atoms with E-state index in [1.807, 2.05) is 33.1 Å². The van der Waals surface area contributed by atoms with Gasteiger partial charge in [0.1, 0.15) is 0 Å². The zero-order valence-electron chi connectivity index (χ0n) is 9.40. The van der Waals surface area contributed by atoms with Gasteiger partial charge in [-0.1, -0.05) is 0 Å². The van der Waals surface area contributed by atoms with E-state index in [4.69, 9.17) is 15.0 Å². The fourth-order valence-electron chi connectivity index (χ4n) is 1.37. The predicted molar refractivity (Wildman–Crippen MR) is 62.2 cm³/mol. The molecule has 4 nitrogen and oxygen atoms in total. The minimum absolute atomic E-state index is 0.323. The van der Waals surface area contributed by atoms with Crippen molar-refractivity contribution in [1.29, 1.82) is 0 Å². The topological polar surface area (TPSA) is 57.4 Å². The number of rotatable bonds is 1. The minimum atomic E-state index is -0.399. The highest BCUT2D eigenvalue weighted by Crippen LogP contribution is 2.36. The Bertz CT molecular complexity index is 362. The molecule has 15 heavy (non-hydrogen) atoms. The van der Waals surface area contributed by atoms with Crippen LogP contribution in [0.5, 0.6) is 0 Å². The van der Waals surface area contributed by atoms with Crippen LogP contribution in [0, 0.1) is 0 Å². The van der Waals surface area contributed by atoms with Gasteiger partial charge in [-0.3, -0.25) is 0 Å². The first-order chi connectivity index (χ1) is 6.82. The normalized spacial score (nSPS) is 23.3. The van der Waals surface area contributed by atoms with E-state index in [1.165, 1.54) is 11.3 Å². The maximum Gasteiger partial charge on any atom is 0.515 e. The van der Waals surface area contributed by atoms with Gasteiger partial charge < -0.3 is 15.0 Å². The van der Waals surface area contributed by atoms with Gasteiger partial charge in [0.2, 0.25) is 0 Å². The summed E-state index contributed by atoms with van der Waals surface area (Å²) < 4.78 is 11.7. The molecule has 0 amide bonds. The molecule has 82 valence electrons. The molecule has 1 aliphatic rings. The molecule has 1 aromatic rings. The highest BCUT2D eigenvalue weighted by molar-refractivity contribution is 7.14. The largest absolute Gasteiger partial charge is 0.515 e. The summed E-state index contributed by atoms with van der Waals surface area (Å²) in [5, 5.41) is 2.41. The quantitative estimate of drug-likeness (QED) is 0.726. The third kappa shape index (κ3) is 1.77. The number of anilines is 1. The summed E-state index contributed by atoms with van der Waals surface area (Å²) in [6.45, 7) is 8.07. The summed E-state index contributed by atoms with van der Waals surface area (Å²) in [5.41, 5.74) is 5.69. The Morgan fingerprint density at radius 1 is 1.27 bits per heavy atom. The molecule has 2 rings (SSSR count). The van der Waals surface area contributed by atoms with E-state index in [2.05, 4.69) is 4.98 Å². The third-order valence-electron chi connectivity index (χ3n) is 3.03. The lowest BCUT2D eigenvalue weighted by molar-refractivity contribution is 0.00578. The van der Waals surface area contributed by atoms with E-state index in [1.54, 1.807) is 0 Å². The van der Waals surface area contributed by atoms with Crippen LogP contribution in [0.3, 0.4) is 0 Å². The van der Waals surface area contributed by atoms with E-state index in [9.17, 15) is 0 Å². The van der Waals surface area contributed by atoms with Crippen LogP contribution in [0.25, 0.3) is 0 Å². The smallest absolute Gasteiger partial charge is 0.398 e. The van der Waals surface area contributed by atoms with E-state index < -0.39 is 7.12 Å². The molecule has 2 heterocycles. The number of thiazole rings is 1. The molecule has 0 spiro atoms. The Morgan fingerprint density at radius 2 is 1.80 bits per heavy atom. The van der Waals surface area contributed by atoms with Crippen molar-refractivity contribution in [1.82, 2.24) is 4.98 Å². The highest BCUT2D eigenvalue weighted by atomic mass is 32.1. The SMILES string of the molecule is CC1(C)OB(c2csc(N)n2)OC1(C)C. The second-order valence-electron chi connectivity index (χ2n) is 4.70. The zero-order chi connectivity index (χ0) is 11.3. The third-order valence-corrected chi connectivity index (χ3v) is 3.73. The number of hydrogen-bond acceptors (Lipinski definition) is 5. The summed E-state index contributed by atoms with van der Waals surface area (Å²) in [6, 6.07) is 0. The molecule has 0 radical (unpaired) electrons. The Hall–Kier alpha value is -0.585. The van der Waals surface area contributed by atoms with Crippen molar-refractivity contribution in [2.45, 2.75) is 38.9 Å². The second-order valence-corrected chi connectivity index (χ2v) is 5.59. The molecule has 0 aliphatic carbocycles. The van der Waals surface area contributed by atoms with Gasteiger partial charge >= 0.3 is 7.12 Å². The van der Waals surface area contributed by atoms with Gasteiger partial charge in [-0.25, -0.2) is 4.98 Å². The van der Waals surface area contributed by atoms with Crippen LogP contribution in [-0.2, 0) is 9.31 Å². The van der Waals surface area contributed by atoms with Crippen LogP contribution < -0.4 is 11.3 Å². The molecule has 6 heteroatoms. The standard InChI is InChI=1S/C9H15BN2O2S/c1-8(2)9(3,4)14-10(13-8)6-5-15-7(11)12-6/h5H,1-4H3,(H2,11,12). The van der Waals surface area contributed by atoms with Crippen LogP contribution in [-0.4, -0.2) is 23.3 Å². The summed E-state index contributed by atoms with van der Waals surface area (Å²) in [7, 11) is -0.399. The van der Waals surface area contributed by atoms with E-state index in [0.717, 1.165) is 5.59 Å². The summed E-state index contributed by atoms with van der Waals surface area (Å²) in [5.74, 6) is 0. The van der Waals surface area contributed by atoms with Gasteiger partial charge in [-0.05, 0) is 27.7 Å². The molecular weight excluding hydrogens is 211 g/mol. The first-order valence-corrected chi connectivity index (χ1v) is 5.76. The van der Waals surface area contributed by atoms with Crippen molar-refractivity contribution in [3.8, 4) is 0 Å². The molecule has 1 fully saturated rings. The molecular formula is C9H15BN2O2S. The first kappa shape index (κ1) is 10.9. The van der Waals surface area contributed by atoms with Crippen molar-refractivity contribution in [3.63, 3.8) is 0 Å². The second kappa shape index (κ2) is 3.20. The van der Waals surface area contributed by atoms with Crippen molar-refractivity contribution in [3.05, 3.63) is 5.38 Å². The number of nitrogen functional groups attached to an aromatic ring is 1. The lowest BCUT2D eigenvalue weighted by atomic mass is 9.86. The number of hydrogen-bond donors (Lipinski definition) is 1. The number of aromatic nitrogens is 1. The molecule has 0 atom stereocenters. The molecule has 1 aromatic heterocycles. The minimum Gasteiger partial charge on any atom is -0.398 e. The fourth-order valence-corrected chi connectivity index (χ4v) is 1.94. The fraction of sp³-hybridized carbons (Fsp3) is 0.667. The molecule has 2 N–H and O–H groups in total. The maximum atomic E-state index is 5.83. The Balaban J connectivity index is 2.23. The van der Waals surface area contributed by atoms with Gasteiger partial charge in [-0.15, -0.1) is 11.3 Å². The number of nitrogens with two attached hydrogens (primary N) is 1. The van der Waals surface area contributed by atoms with Crippen LogP contribution in [0.2, 0.25) is 0 Å². The average molecular weight is 226 g/mol. The van der Waals surface area contributed by atoms with Crippen molar-refractivity contribution in [2.75, 3.05) is 5.73 Å². The maximum absolute atomic E-state index is 5.83. The monoisotopic (exact) mass is 226 g/mol. The lowest BCUT2D eigenvalue weighted by Gasteiger charge is -2.32. The van der Waals surface area contributed by atoms with Gasteiger partial charge in [0.15, 0.2) is 5.13 Å². The molecule has 1 saturated heterocycles. The molecule has 1 aliphatic heterocycles. The van der Waals surface area contributed by atoms with Crippen LogP contribution in [0.1, 0.15) is 27.7 Å². The lowest BCUT2D eigenvalue weighted by Crippen LogP contribution is -2.41. The Kier molecular flexibility index (Phi) is 2.33. The van der Waals surface area contributed by atoms with Crippen LogP contribution >= 0.6 is 11.3 Å². The predicted octanol–water partition coefficient (Wildman–Crippen LogP) is 1.02. The van der Waals surface area contributed by atoms with Gasteiger partial charge in [0, 0.05) is 5.38 Å². The zero-order valence-corrected chi connectivity index (χ0v) is 10.2. The van der Waals surface area contributed by atoms with Gasteiger partial charge in [0.25, 0.3) is 0 Å². The summed E-state index contributed by atoms with van der Waals surface area (Å²) in [6.07, 6.45) is 0. The molecule has 0 unspecified atom stereocenters. The molecule has 0 aromatic carbocycles. The van der Waals surface area contributed by atoms with Crippen molar-refractivity contribution >= 4 is 29.2 Å². The summed E-state index contributed by atoms with van der Waals surface area (Å²) in [4.78, 5) is 4.17. The Morgan fingerprint density at radius 3 is 2.20 bits per heavy atom. The Labute approximate surface area is 93.9 Å². The van der Waals surface area contributed by atoms with E-state index in [0.29, 0.717) is 5.13 Å². The van der Waals surface area contributed by atoms with E-state index >= 15 is 0 Å². The summed E-state index contributed by atoms with van der Waals surface area (Å²) >= 11 is 1.40. The average Bonchev–Trinajstić information content (AvgIpc) is 2.56.